The first-order chi connectivity index (χ1) is 14.3. The van der Waals surface area contributed by atoms with E-state index in [1.54, 1.807) is 25.3 Å². The number of halogens is 1. The van der Waals surface area contributed by atoms with Gasteiger partial charge in [0.25, 0.3) is 0 Å². The van der Waals surface area contributed by atoms with Crippen molar-refractivity contribution in [2.24, 2.45) is 5.73 Å². The van der Waals surface area contributed by atoms with E-state index in [0.717, 1.165) is 37.4 Å². The molecule has 3 N–H and O–H groups in total. The lowest BCUT2D eigenvalue weighted by atomic mass is 10.1. The number of hydrogen-bond donors (Lipinski definition) is 2. The van der Waals surface area contributed by atoms with Gasteiger partial charge in [0.2, 0.25) is 11.8 Å². The molecule has 1 aliphatic rings. The number of hydrogen-bond acceptors (Lipinski definition) is 5. The molecule has 1 aliphatic heterocycles. The van der Waals surface area contributed by atoms with Gasteiger partial charge in [0, 0.05) is 48.5 Å². The van der Waals surface area contributed by atoms with Gasteiger partial charge >= 0.3 is 0 Å². The van der Waals surface area contributed by atoms with Crippen LogP contribution >= 0.6 is 11.6 Å². The van der Waals surface area contributed by atoms with Crippen LogP contribution in [0, 0.1) is 6.92 Å². The molecule has 8 heteroatoms. The summed E-state index contributed by atoms with van der Waals surface area (Å²) in [4.78, 5) is 28.4. The highest BCUT2D eigenvalue weighted by Crippen LogP contribution is 2.31. The number of piperazine rings is 1. The lowest BCUT2D eigenvalue weighted by Crippen LogP contribution is -2.52. The molecule has 3 rings (SSSR count). The van der Waals surface area contributed by atoms with E-state index in [1.165, 1.54) is 0 Å². The maximum absolute atomic E-state index is 12.8. The first-order valence-corrected chi connectivity index (χ1v) is 10.2. The summed E-state index contributed by atoms with van der Waals surface area (Å²) in [5.41, 5.74) is 8.32. The number of carbonyl (C=O) groups excluding carboxylic acids is 2. The minimum atomic E-state index is -0.432. The second kappa shape index (κ2) is 9.36. The number of carbonyl (C=O) groups is 2. The Kier molecular flexibility index (Phi) is 6.84. The van der Waals surface area contributed by atoms with E-state index in [-0.39, 0.29) is 11.9 Å². The van der Waals surface area contributed by atoms with Crippen molar-refractivity contribution in [2.75, 3.05) is 43.5 Å². The molecule has 0 spiro atoms. The number of anilines is 2. The molecule has 160 valence electrons. The van der Waals surface area contributed by atoms with E-state index < -0.39 is 5.91 Å². The summed E-state index contributed by atoms with van der Waals surface area (Å²) in [6.07, 6.45) is 0. The fourth-order valence-corrected chi connectivity index (χ4v) is 3.69. The number of primary amides is 1. The Morgan fingerprint density at radius 1 is 1.13 bits per heavy atom. The topological polar surface area (TPSA) is 87.9 Å². The summed E-state index contributed by atoms with van der Waals surface area (Å²) < 4.78 is 5.35. The Balaban J connectivity index is 1.59. The van der Waals surface area contributed by atoms with Crippen molar-refractivity contribution in [3.8, 4) is 5.75 Å². The molecular weight excluding hydrogens is 404 g/mol. The van der Waals surface area contributed by atoms with Crippen molar-refractivity contribution in [3.63, 3.8) is 0 Å². The third-order valence-corrected chi connectivity index (χ3v) is 5.90. The lowest BCUT2D eigenvalue weighted by Gasteiger charge is -2.38. The second-order valence-electron chi connectivity index (χ2n) is 7.40. The summed E-state index contributed by atoms with van der Waals surface area (Å²) in [6, 6.07) is 10.5. The van der Waals surface area contributed by atoms with Crippen LogP contribution in [0.4, 0.5) is 11.4 Å². The summed E-state index contributed by atoms with van der Waals surface area (Å²) in [6.45, 7) is 6.87. The van der Waals surface area contributed by atoms with Gasteiger partial charge < -0.3 is 20.7 Å². The minimum absolute atomic E-state index is 0.0886. The molecule has 0 saturated carbocycles. The fourth-order valence-electron chi connectivity index (χ4n) is 3.54. The van der Waals surface area contributed by atoms with Crippen molar-refractivity contribution < 1.29 is 14.3 Å². The molecule has 1 saturated heterocycles. The van der Waals surface area contributed by atoms with Crippen LogP contribution in [0.25, 0.3) is 0 Å². The van der Waals surface area contributed by atoms with Gasteiger partial charge in [-0.05, 0) is 49.7 Å². The van der Waals surface area contributed by atoms with E-state index in [1.807, 2.05) is 32.0 Å². The number of nitrogens with zero attached hydrogens (tertiary/aromatic N) is 2. The maximum Gasteiger partial charge on any atom is 0.248 e. The second-order valence-corrected chi connectivity index (χ2v) is 7.81. The Bertz CT molecular complexity index is 925. The Labute approximate surface area is 181 Å². The van der Waals surface area contributed by atoms with Crippen LogP contribution in [0.2, 0.25) is 5.02 Å². The van der Waals surface area contributed by atoms with Gasteiger partial charge in [-0.25, -0.2) is 0 Å². The number of aryl methyl sites for hydroxylation is 1. The standard InChI is InChI=1S/C22H27ClN4O3/c1-14-12-19(20(30-3)13-18(14)23)25-22(29)15(2)26-8-10-27(11-9-26)17-6-4-16(5-7-17)21(24)28/h4-7,12-13,15H,8-11H2,1-3H3,(H2,24,28)(H,25,29). The zero-order valence-corrected chi connectivity index (χ0v) is 18.2. The van der Waals surface area contributed by atoms with Crippen LogP contribution in [-0.4, -0.2) is 56.0 Å². The van der Waals surface area contributed by atoms with Crippen molar-refractivity contribution in [1.82, 2.24) is 4.90 Å². The van der Waals surface area contributed by atoms with Crippen LogP contribution < -0.4 is 20.7 Å². The van der Waals surface area contributed by atoms with E-state index in [2.05, 4.69) is 15.1 Å². The number of methoxy groups -OCH3 is 1. The van der Waals surface area contributed by atoms with Crippen molar-refractivity contribution in [2.45, 2.75) is 19.9 Å². The van der Waals surface area contributed by atoms with Gasteiger partial charge in [0.05, 0.1) is 18.8 Å². The van der Waals surface area contributed by atoms with Gasteiger partial charge in [-0.2, -0.15) is 0 Å². The molecule has 0 aliphatic carbocycles. The number of nitrogens with two attached hydrogens (primary N) is 1. The third-order valence-electron chi connectivity index (χ3n) is 5.50. The first kappa shape index (κ1) is 21.9. The van der Waals surface area contributed by atoms with Crippen LogP contribution in [0.1, 0.15) is 22.8 Å². The SMILES string of the molecule is COc1cc(Cl)c(C)cc1NC(=O)C(C)N1CCN(c2ccc(C(N)=O)cc2)CC1. The molecule has 1 unspecified atom stereocenters. The smallest absolute Gasteiger partial charge is 0.248 e. The van der Waals surface area contributed by atoms with Crippen LogP contribution in [0.3, 0.4) is 0 Å². The van der Waals surface area contributed by atoms with E-state index >= 15 is 0 Å². The Morgan fingerprint density at radius 3 is 2.33 bits per heavy atom. The van der Waals surface area contributed by atoms with Gasteiger partial charge in [-0.15, -0.1) is 0 Å². The number of amides is 2. The molecule has 0 bridgehead atoms. The summed E-state index contributed by atoms with van der Waals surface area (Å²) >= 11 is 6.15. The minimum Gasteiger partial charge on any atom is -0.495 e. The molecule has 0 radical (unpaired) electrons. The molecule has 0 aromatic heterocycles. The van der Waals surface area contributed by atoms with Gasteiger partial charge in [0.15, 0.2) is 0 Å². The first-order valence-electron chi connectivity index (χ1n) is 9.84. The molecule has 2 amide bonds. The number of benzene rings is 2. The molecule has 1 fully saturated rings. The Hall–Kier alpha value is -2.77. The highest BCUT2D eigenvalue weighted by molar-refractivity contribution is 6.31. The average Bonchev–Trinajstić information content (AvgIpc) is 2.75. The molecule has 2 aromatic rings. The van der Waals surface area contributed by atoms with Gasteiger partial charge in [0.1, 0.15) is 5.75 Å². The van der Waals surface area contributed by atoms with Gasteiger partial charge in [-0.3, -0.25) is 14.5 Å². The molecule has 1 atom stereocenters. The molecule has 2 aromatic carbocycles. The number of rotatable bonds is 6. The molecule has 7 nitrogen and oxygen atoms in total. The van der Waals surface area contributed by atoms with Crippen molar-refractivity contribution in [3.05, 3.63) is 52.5 Å². The lowest BCUT2D eigenvalue weighted by molar-refractivity contribution is -0.120. The largest absolute Gasteiger partial charge is 0.495 e. The summed E-state index contributed by atoms with van der Waals surface area (Å²) in [7, 11) is 1.55. The maximum atomic E-state index is 12.8. The zero-order valence-electron chi connectivity index (χ0n) is 17.4. The predicted molar refractivity (Wildman–Crippen MR) is 120 cm³/mol. The van der Waals surface area contributed by atoms with Gasteiger partial charge in [-0.1, -0.05) is 11.6 Å². The highest BCUT2D eigenvalue weighted by Gasteiger charge is 2.26. The van der Waals surface area contributed by atoms with E-state index in [9.17, 15) is 9.59 Å². The van der Waals surface area contributed by atoms with E-state index in [4.69, 9.17) is 22.1 Å². The van der Waals surface area contributed by atoms with Crippen molar-refractivity contribution >= 4 is 34.8 Å². The third kappa shape index (κ3) is 4.86. The fraction of sp³-hybridized carbons (Fsp3) is 0.364. The predicted octanol–water partition coefficient (Wildman–Crippen LogP) is 2.91. The number of ether oxygens (including phenoxy) is 1. The normalized spacial score (nSPS) is 15.5. The monoisotopic (exact) mass is 430 g/mol. The summed E-state index contributed by atoms with van der Waals surface area (Å²) in [5, 5.41) is 3.56. The Morgan fingerprint density at radius 2 is 1.77 bits per heavy atom. The molecule has 30 heavy (non-hydrogen) atoms. The highest BCUT2D eigenvalue weighted by atomic mass is 35.5. The molecular formula is C22H27ClN4O3. The number of nitrogens with one attached hydrogen (secondary N) is 1. The van der Waals surface area contributed by atoms with Crippen LogP contribution in [0.15, 0.2) is 36.4 Å². The van der Waals surface area contributed by atoms with Crippen molar-refractivity contribution in [1.29, 1.82) is 0 Å². The summed E-state index contributed by atoms with van der Waals surface area (Å²) in [5.74, 6) is 0.0170. The zero-order chi connectivity index (χ0) is 21.8. The average molecular weight is 431 g/mol. The van der Waals surface area contributed by atoms with E-state index in [0.29, 0.717) is 22.0 Å². The molecule has 1 heterocycles. The quantitative estimate of drug-likeness (QED) is 0.735. The van der Waals surface area contributed by atoms with Crippen LogP contribution in [0.5, 0.6) is 5.75 Å². The van der Waals surface area contributed by atoms with Crippen LogP contribution in [-0.2, 0) is 4.79 Å².